The van der Waals surface area contributed by atoms with Gasteiger partial charge in [0.25, 0.3) is 0 Å². The summed E-state index contributed by atoms with van der Waals surface area (Å²) in [7, 11) is 0. The van der Waals surface area contributed by atoms with Gasteiger partial charge in [-0.2, -0.15) is 0 Å². The van der Waals surface area contributed by atoms with Crippen LogP contribution in [0.25, 0.3) is 0 Å². The van der Waals surface area contributed by atoms with E-state index in [1.807, 2.05) is 13.8 Å². The third-order valence-electron chi connectivity index (χ3n) is 2.73. The van der Waals surface area contributed by atoms with E-state index in [1.165, 1.54) is 12.1 Å². The van der Waals surface area contributed by atoms with Crippen LogP contribution in [0.3, 0.4) is 0 Å². The van der Waals surface area contributed by atoms with Crippen LogP contribution in [0.4, 0.5) is 21.7 Å². The van der Waals surface area contributed by atoms with Crippen molar-refractivity contribution in [1.29, 1.82) is 0 Å². The summed E-state index contributed by atoms with van der Waals surface area (Å²) < 4.78 is 13.2. The first-order valence-corrected chi connectivity index (χ1v) is 6.00. The van der Waals surface area contributed by atoms with Gasteiger partial charge in [0.15, 0.2) is 0 Å². The summed E-state index contributed by atoms with van der Waals surface area (Å²) in [5, 5.41) is 3.08. The van der Waals surface area contributed by atoms with Crippen LogP contribution in [0.2, 0.25) is 0 Å². The second-order valence-electron chi connectivity index (χ2n) is 4.10. The second kappa shape index (κ2) is 5.62. The number of nitrogen functional groups attached to an aromatic ring is 1. The van der Waals surface area contributed by atoms with Crippen molar-refractivity contribution in [3.05, 3.63) is 41.5 Å². The van der Waals surface area contributed by atoms with Gasteiger partial charge in [0, 0.05) is 17.7 Å². The van der Waals surface area contributed by atoms with Gasteiger partial charge in [0.05, 0.1) is 0 Å². The number of anilines is 3. The number of halogens is 1. The molecule has 0 radical (unpaired) electrons. The molecule has 0 saturated carbocycles. The molecule has 2 aromatic rings. The smallest absolute Gasteiger partial charge is 0.148 e. The molecular formula is C13H16FN5. The topological polar surface area (TPSA) is 75.9 Å². The van der Waals surface area contributed by atoms with E-state index in [0.29, 0.717) is 29.6 Å². The van der Waals surface area contributed by atoms with E-state index in [1.54, 1.807) is 12.1 Å². The van der Waals surface area contributed by atoms with Gasteiger partial charge in [-0.3, -0.25) is 0 Å². The highest BCUT2D eigenvalue weighted by atomic mass is 19.1. The standard InChI is InChI=1S/C13H16FN5/c1-3-11-17-12(8(2)13(18-11)19-15)16-10-6-4-5-9(14)7-10/h4-7H,3,15H2,1-2H3,(H2,16,17,18,19). The van der Waals surface area contributed by atoms with Crippen molar-refractivity contribution in [2.45, 2.75) is 20.3 Å². The molecule has 4 N–H and O–H groups in total. The fraction of sp³-hybridized carbons (Fsp3) is 0.231. The molecule has 100 valence electrons. The summed E-state index contributed by atoms with van der Waals surface area (Å²) in [5.41, 5.74) is 3.96. The molecule has 19 heavy (non-hydrogen) atoms. The first-order chi connectivity index (χ1) is 9.13. The molecule has 0 aliphatic carbocycles. The predicted octanol–water partition coefficient (Wildman–Crippen LogP) is 2.52. The average Bonchev–Trinajstić information content (AvgIpc) is 2.41. The van der Waals surface area contributed by atoms with Crippen molar-refractivity contribution in [1.82, 2.24) is 9.97 Å². The lowest BCUT2D eigenvalue weighted by atomic mass is 10.2. The van der Waals surface area contributed by atoms with Crippen molar-refractivity contribution in [3.63, 3.8) is 0 Å². The maximum absolute atomic E-state index is 13.2. The van der Waals surface area contributed by atoms with E-state index in [0.717, 1.165) is 5.56 Å². The molecule has 0 fully saturated rings. The molecule has 1 aromatic carbocycles. The Kier molecular flexibility index (Phi) is 3.91. The highest BCUT2D eigenvalue weighted by Crippen LogP contribution is 2.23. The van der Waals surface area contributed by atoms with E-state index in [9.17, 15) is 4.39 Å². The first kappa shape index (κ1) is 13.2. The van der Waals surface area contributed by atoms with Crippen molar-refractivity contribution < 1.29 is 4.39 Å². The predicted molar refractivity (Wildman–Crippen MR) is 73.6 cm³/mol. The number of hydrogen-bond acceptors (Lipinski definition) is 5. The maximum Gasteiger partial charge on any atom is 0.148 e. The van der Waals surface area contributed by atoms with E-state index in [-0.39, 0.29) is 5.82 Å². The van der Waals surface area contributed by atoms with Crippen LogP contribution in [0.5, 0.6) is 0 Å². The number of nitrogens with one attached hydrogen (secondary N) is 2. The number of hydrazine groups is 1. The van der Waals surface area contributed by atoms with Crippen LogP contribution < -0.4 is 16.6 Å². The number of rotatable bonds is 4. The number of nitrogens with zero attached hydrogens (tertiary/aromatic N) is 2. The van der Waals surface area contributed by atoms with Gasteiger partial charge in [-0.1, -0.05) is 13.0 Å². The summed E-state index contributed by atoms with van der Waals surface area (Å²) in [4.78, 5) is 8.65. The summed E-state index contributed by atoms with van der Waals surface area (Å²) in [6.07, 6.45) is 0.687. The molecule has 1 aromatic heterocycles. The maximum atomic E-state index is 13.2. The van der Waals surface area contributed by atoms with Crippen molar-refractivity contribution in [2.24, 2.45) is 5.84 Å². The minimum atomic E-state index is -0.301. The molecule has 0 aliphatic rings. The van der Waals surface area contributed by atoms with E-state index >= 15 is 0 Å². The number of hydrogen-bond donors (Lipinski definition) is 3. The molecule has 0 atom stereocenters. The summed E-state index contributed by atoms with van der Waals surface area (Å²) in [5.74, 6) is 6.97. The Hall–Kier alpha value is -2.21. The zero-order chi connectivity index (χ0) is 13.8. The summed E-state index contributed by atoms with van der Waals surface area (Å²) >= 11 is 0. The van der Waals surface area contributed by atoms with Crippen LogP contribution >= 0.6 is 0 Å². The van der Waals surface area contributed by atoms with E-state index in [2.05, 4.69) is 20.7 Å². The summed E-state index contributed by atoms with van der Waals surface area (Å²) in [6.45, 7) is 3.80. The first-order valence-electron chi connectivity index (χ1n) is 6.00. The van der Waals surface area contributed by atoms with Crippen molar-refractivity contribution in [3.8, 4) is 0 Å². The molecule has 5 nitrogen and oxygen atoms in total. The number of aryl methyl sites for hydroxylation is 1. The average molecular weight is 261 g/mol. The Morgan fingerprint density at radius 1 is 1.26 bits per heavy atom. The van der Waals surface area contributed by atoms with Crippen LogP contribution in [-0.2, 0) is 6.42 Å². The minimum absolute atomic E-state index is 0.301. The number of nitrogens with two attached hydrogens (primary N) is 1. The van der Waals surface area contributed by atoms with E-state index < -0.39 is 0 Å². The van der Waals surface area contributed by atoms with Gasteiger partial charge in [-0.15, -0.1) is 0 Å². The van der Waals surface area contributed by atoms with Gasteiger partial charge >= 0.3 is 0 Å². The molecule has 6 heteroatoms. The lowest BCUT2D eigenvalue weighted by molar-refractivity contribution is 0.628. The van der Waals surface area contributed by atoms with Crippen LogP contribution in [0.1, 0.15) is 18.3 Å². The van der Waals surface area contributed by atoms with Crippen LogP contribution in [0.15, 0.2) is 24.3 Å². The molecule has 0 saturated heterocycles. The zero-order valence-corrected chi connectivity index (χ0v) is 10.9. The fourth-order valence-corrected chi connectivity index (χ4v) is 1.69. The molecule has 1 heterocycles. The highest BCUT2D eigenvalue weighted by Gasteiger charge is 2.09. The van der Waals surface area contributed by atoms with Crippen LogP contribution in [0, 0.1) is 12.7 Å². The lowest BCUT2D eigenvalue weighted by Gasteiger charge is -2.13. The number of benzene rings is 1. The minimum Gasteiger partial charge on any atom is -0.340 e. The number of aromatic nitrogens is 2. The van der Waals surface area contributed by atoms with Crippen molar-refractivity contribution >= 4 is 17.3 Å². The Labute approximate surface area is 111 Å². The fourth-order valence-electron chi connectivity index (χ4n) is 1.69. The molecular weight excluding hydrogens is 245 g/mol. The quantitative estimate of drug-likeness (QED) is 0.582. The van der Waals surface area contributed by atoms with Gasteiger partial charge in [0.1, 0.15) is 23.3 Å². The third-order valence-corrected chi connectivity index (χ3v) is 2.73. The molecule has 0 aliphatic heterocycles. The second-order valence-corrected chi connectivity index (χ2v) is 4.10. The Bertz CT molecular complexity index is 585. The Morgan fingerprint density at radius 2 is 2.00 bits per heavy atom. The monoisotopic (exact) mass is 261 g/mol. The van der Waals surface area contributed by atoms with Crippen molar-refractivity contribution in [2.75, 3.05) is 10.7 Å². The Morgan fingerprint density at radius 3 is 2.63 bits per heavy atom. The zero-order valence-electron chi connectivity index (χ0n) is 10.9. The van der Waals surface area contributed by atoms with Gasteiger partial charge < -0.3 is 10.7 Å². The molecule has 0 unspecified atom stereocenters. The highest BCUT2D eigenvalue weighted by molar-refractivity contribution is 5.64. The van der Waals surface area contributed by atoms with Crippen LogP contribution in [-0.4, -0.2) is 9.97 Å². The summed E-state index contributed by atoms with van der Waals surface area (Å²) in [6, 6.07) is 6.20. The van der Waals surface area contributed by atoms with Gasteiger partial charge in [-0.25, -0.2) is 20.2 Å². The SMILES string of the molecule is CCc1nc(NN)c(C)c(Nc2cccc(F)c2)n1. The van der Waals surface area contributed by atoms with Gasteiger partial charge in [0.2, 0.25) is 0 Å². The largest absolute Gasteiger partial charge is 0.340 e. The Balaban J connectivity index is 2.38. The molecule has 0 spiro atoms. The molecule has 0 bridgehead atoms. The van der Waals surface area contributed by atoms with Gasteiger partial charge in [-0.05, 0) is 25.1 Å². The van der Waals surface area contributed by atoms with E-state index in [4.69, 9.17) is 5.84 Å². The lowest BCUT2D eigenvalue weighted by Crippen LogP contribution is -2.13. The normalized spacial score (nSPS) is 10.3. The molecule has 2 rings (SSSR count). The molecule has 0 amide bonds. The third kappa shape index (κ3) is 2.97.